The molecule has 0 aromatic heterocycles. The van der Waals surface area contributed by atoms with E-state index >= 15 is 0 Å². The predicted molar refractivity (Wildman–Crippen MR) is 115 cm³/mol. The molecule has 1 saturated carbocycles. The molecule has 0 aliphatic heterocycles. The molecule has 3 unspecified atom stereocenters. The van der Waals surface area contributed by atoms with Gasteiger partial charge in [-0.2, -0.15) is 0 Å². The Bertz CT molecular complexity index is 301. The zero-order valence-electron chi connectivity index (χ0n) is 18.5. The van der Waals surface area contributed by atoms with Gasteiger partial charge >= 0.3 is 0 Å². The normalized spacial score (nSPS) is 20.5. The first-order valence-corrected chi connectivity index (χ1v) is 12.2. The molecule has 0 radical (unpaired) electrons. The van der Waals surface area contributed by atoms with E-state index < -0.39 is 0 Å². The lowest BCUT2D eigenvalue weighted by atomic mass is 9.55. The van der Waals surface area contributed by atoms with Gasteiger partial charge in [-0.25, -0.2) is 0 Å². The summed E-state index contributed by atoms with van der Waals surface area (Å²) in [6, 6.07) is 0. The minimum Gasteiger partial charge on any atom is -0.0654 e. The summed E-state index contributed by atoms with van der Waals surface area (Å²) in [5.74, 6) is 3.04. The Labute approximate surface area is 160 Å². The minimum absolute atomic E-state index is 0.642. The third-order valence-corrected chi connectivity index (χ3v) is 7.56. The van der Waals surface area contributed by atoms with Gasteiger partial charge in [0.1, 0.15) is 0 Å². The van der Waals surface area contributed by atoms with E-state index in [1.165, 1.54) is 103 Å². The van der Waals surface area contributed by atoms with Crippen molar-refractivity contribution >= 4 is 0 Å². The molecule has 1 aliphatic rings. The number of rotatable bonds is 15. The van der Waals surface area contributed by atoms with Crippen LogP contribution in [0.5, 0.6) is 0 Å². The Kier molecular flexibility index (Phi) is 12.2. The summed E-state index contributed by atoms with van der Waals surface area (Å²) in [6.45, 7) is 12.2. The van der Waals surface area contributed by atoms with Crippen LogP contribution < -0.4 is 0 Å². The average Bonchev–Trinajstić information content (AvgIpc) is 3.15. The van der Waals surface area contributed by atoms with Crippen LogP contribution in [0.1, 0.15) is 137 Å². The van der Waals surface area contributed by atoms with Crippen LogP contribution in [-0.2, 0) is 0 Å². The molecule has 1 aliphatic carbocycles. The van der Waals surface area contributed by atoms with E-state index in [1.54, 1.807) is 0 Å². The van der Waals surface area contributed by atoms with Gasteiger partial charge in [0.25, 0.3) is 0 Å². The molecular weight excluding hydrogens is 300 g/mol. The SMILES string of the molecule is CCCCCC(CCCC)C(CC)(CCC)C(CCC)C1CCCC1. The molecule has 25 heavy (non-hydrogen) atoms. The lowest BCUT2D eigenvalue weighted by Crippen LogP contribution is -2.41. The highest BCUT2D eigenvalue weighted by Crippen LogP contribution is 2.54. The fourth-order valence-corrected chi connectivity index (χ4v) is 6.36. The largest absolute Gasteiger partial charge is 0.0654 e. The molecule has 0 heterocycles. The van der Waals surface area contributed by atoms with Gasteiger partial charge in [0.15, 0.2) is 0 Å². The lowest BCUT2D eigenvalue weighted by molar-refractivity contribution is -0.00103. The number of unbranched alkanes of at least 4 members (excludes halogenated alkanes) is 3. The maximum absolute atomic E-state index is 2.55. The van der Waals surface area contributed by atoms with Crippen LogP contribution in [0.3, 0.4) is 0 Å². The van der Waals surface area contributed by atoms with Crippen molar-refractivity contribution < 1.29 is 0 Å². The van der Waals surface area contributed by atoms with Crippen LogP contribution >= 0.6 is 0 Å². The standard InChI is InChI=1S/C25H50/c1-6-11-13-20-23(19-12-7-2)25(10-5,21-9-4)24(16-8-3)22-17-14-15-18-22/h22-24H,6-21H2,1-5H3. The summed E-state index contributed by atoms with van der Waals surface area (Å²) in [5.41, 5.74) is 0.642. The fourth-order valence-electron chi connectivity index (χ4n) is 6.36. The van der Waals surface area contributed by atoms with Crippen LogP contribution in [0.25, 0.3) is 0 Å². The highest BCUT2D eigenvalue weighted by Gasteiger charge is 2.45. The molecule has 1 fully saturated rings. The zero-order chi connectivity index (χ0) is 18.5. The van der Waals surface area contributed by atoms with E-state index in [9.17, 15) is 0 Å². The van der Waals surface area contributed by atoms with Gasteiger partial charge in [0.05, 0.1) is 0 Å². The first kappa shape index (κ1) is 23.0. The van der Waals surface area contributed by atoms with E-state index in [0.29, 0.717) is 5.41 Å². The van der Waals surface area contributed by atoms with Crippen molar-refractivity contribution in [3.05, 3.63) is 0 Å². The second kappa shape index (κ2) is 13.2. The van der Waals surface area contributed by atoms with Gasteiger partial charge in [0.2, 0.25) is 0 Å². The zero-order valence-corrected chi connectivity index (χ0v) is 18.5. The van der Waals surface area contributed by atoms with Gasteiger partial charge in [-0.3, -0.25) is 0 Å². The van der Waals surface area contributed by atoms with Gasteiger partial charge in [-0.1, -0.05) is 105 Å². The fraction of sp³-hybridized carbons (Fsp3) is 1.00. The van der Waals surface area contributed by atoms with Crippen molar-refractivity contribution in [3.8, 4) is 0 Å². The minimum atomic E-state index is 0.642. The quantitative estimate of drug-likeness (QED) is 0.258. The first-order chi connectivity index (χ1) is 12.2. The van der Waals surface area contributed by atoms with Crippen LogP contribution in [0.15, 0.2) is 0 Å². The maximum atomic E-state index is 2.55. The summed E-state index contributed by atoms with van der Waals surface area (Å²) in [7, 11) is 0. The van der Waals surface area contributed by atoms with E-state index in [4.69, 9.17) is 0 Å². The Morgan fingerprint density at radius 1 is 0.720 bits per heavy atom. The topological polar surface area (TPSA) is 0 Å². The Morgan fingerprint density at radius 2 is 1.36 bits per heavy atom. The highest BCUT2D eigenvalue weighted by molar-refractivity contribution is 4.95. The molecule has 0 aromatic carbocycles. The monoisotopic (exact) mass is 350 g/mol. The number of hydrogen-bond acceptors (Lipinski definition) is 0. The molecule has 0 heteroatoms. The lowest BCUT2D eigenvalue weighted by Gasteiger charge is -2.50. The molecule has 0 aromatic rings. The summed E-state index contributed by atoms with van der Waals surface area (Å²) < 4.78 is 0. The molecule has 0 amide bonds. The van der Waals surface area contributed by atoms with Gasteiger partial charge in [0, 0.05) is 0 Å². The van der Waals surface area contributed by atoms with Gasteiger partial charge in [-0.05, 0) is 55.3 Å². The Morgan fingerprint density at radius 3 is 1.88 bits per heavy atom. The van der Waals surface area contributed by atoms with Gasteiger partial charge < -0.3 is 0 Å². The van der Waals surface area contributed by atoms with Crippen LogP contribution in [0.2, 0.25) is 0 Å². The molecule has 150 valence electrons. The predicted octanol–water partition coefficient (Wildman–Crippen LogP) is 9.18. The molecule has 1 rings (SSSR count). The molecule has 0 spiro atoms. The summed E-state index contributed by atoms with van der Waals surface area (Å²) >= 11 is 0. The van der Waals surface area contributed by atoms with Crippen LogP contribution in [0.4, 0.5) is 0 Å². The summed E-state index contributed by atoms with van der Waals surface area (Å²) in [5, 5.41) is 0. The van der Waals surface area contributed by atoms with Crippen molar-refractivity contribution in [3.63, 3.8) is 0 Å². The van der Waals surface area contributed by atoms with Crippen LogP contribution in [0, 0.1) is 23.2 Å². The third-order valence-electron chi connectivity index (χ3n) is 7.56. The molecule has 3 atom stereocenters. The second-order valence-electron chi connectivity index (χ2n) is 9.11. The highest BCUT2D eigenvalue weighted by atomic mass is 14.5. The smallest absolute Gasteiger partial charge is 0.0241 e. The van der Waals surface area contributed by atoms with Crippen molar-refractivity contribution in [1.29, 1.82) is 0 Å². The van der Waals surface area contributed by atoms with E-state index in [-0.39, 0.29) is 0 Å². The first-order valence-electron chi connectivity index (χ1n) is 12.2. The number of hydrogen-bond donors (Lipinski definition) is 0. The van der Waals surface area contributed by atoms with Crippen molar-refractivity contribution in [1.82, 2.24) is 0 Å². The Hall–Kier alpha value is 0. The van der Waals surface area contributed by atoms with Crippen LogP contribution in [-0.4, -0.2) is 0 Å². The molecule has 0 bridgehead atoms. The summed E-state index contributed by atoms with van der Waals surface area (Å²) in [6.07, 6.45) is 23.4. The molecule has 0 nitrogen and oxygen atoms in total. The maximum Gasteiger partial charge on any atom is -0.0241 e. The van der Waals surface area contributed by atoms with Gasteiger partial charge in [-0.15, -0.1) is 0 Å². The van der Waals surface area contributed by atoms with E-state index in [2.05, 4.69) is 34.6 Å². The van der Waals surface area contributed by atoms with Crippen molar-refractivity contribution in [2.75, 3.05) is 0 Å². The molecular formula is C25H50. The second-order valence-corrected chi connectivity index (χ2v) is 9.11. The van der Waals surface area contributed by atoms with Crippen molar-refractivity contribution in [2.24, 2.45) is 23.2 Å². The third kappa shape index (κ3) is 6.59. The van der Waals surface area contributed by atoms with E-state index in [1.807, 2.05) is 0 Å². The Balaban J connectivity index is 3.09. The summed E-state index contributed by atoms with van der Waals surface area (Å²) in [4.78, 5) is 0. The van der Waals surface area contributed by atoms with E-state index in [0.717, 1.165) is 17.8 Å². The molecule has 0 saturated heterocycles. The van der Waals surface area contributed by atoms with Crippen molar-refractivity contribution in [2.45, 2.75) is 137 Å². The molecule has 0 N–H and O–H groups in total. The average molecular weight is 351 g/mol.